The second kappa shape index (κ2) is 9.70. The Morgan fingerprint density at radius 1 is 1.21 bits per heavy atom. The van der Waals surface area contributed by atoms with Gasteiger partial charge in [0, 0.05) is 17.3 Å². The smallest absolute Gasteiger partial charge is 0.235 e. The van der Waals surface area contributed by atoms with Gasteiger partial charge in [0.15, 0.2) is 5.16 Å². The van der Waals surface area contributed by atoms with E-state index in [4.69, 9.17) is 0 Å². The van der Waals surface area contributed by atoms with Crippen LogP contribution in [0.3, 0.4) is 0 Å². The van der Waals surface area contributed by atoms with E-state index in [1.807, 2.05) is 6.07 Å². The Bertz CT molecular complexity index is 1190. The van der Waals surface area contributed by atoms with Crippen LogP contribution in [0.1, 0.15) is 71.8 Å². The Morgan fingerprint density at radius 3 is 2.82 bits per heavy atom. The number of nitriles is 1. The lowest BCUT2D eigenvalue weighted by molar-refractivity contribution is -0.113. The molecule has 0 saturated heterocycles. The number of carbonyl (C=O) groups is 1. The highest BCUT2D eigenvalue weighted by atomic mass is 32.2. The first-order valence-corrected chi connectivity index (χ1v) is 13.4. The molecule has 33 heavy (non-hydrogen) atoms. The van der Waals surface area contributed by atoms with Crippen LogP contribution in [0.4, 0.5) is 5.00 Å². The maximum absolute atomic E-state index is 12.7. The van der Waals surface area contributed by atoms with Gasteiger partial charge >= 0.3 is 0 Å². The van der Waals surface area contributed by atoms with E-state index >= 15 is 0 Å². The fourth-order valence-corrected chi connectivity index (χ4v) is 6.83. The Balaban J connectivity index is 1.24. The van der Waals surface area contributed by atoms with E-state index in [2.05, 4.69) is 57.3 Å². The number of carbonyl (C=O) groups excluding carboxylic acids is 1. The molecule has 1 aromatic carbocycles. The molecule has 0 radical (unpaired) electrons. The van der Waals surface area contributed by atoms with Crippen molar-refractivity contribution in [1.82, 2.24) is 14.8 Å². The largest absolute Gasteiger partial charge is 0.316 e. The van der Waals surface area contributed by atoms with Gasteiger partial charge in [0.1, 0.15) is 16.9 Å². The number of amides is 1. The van der Waals surface area contributed by atoms with Gasteiger partial charge in [0.25, 0.3) is 0 Å². The average molecular weight is 478 g/mol. The Labute approximate surface area is 202 Å². The number of rotatable bonds is 7. The van der Waals surface area contributed by atoms with E-state index in [1.165, 1.54) is 28.6 Å². The van der Waals surface area contributed by atoms with Gasteiger partial charge < -0.3 is 9.88 Å². The third-order valence-corrected chi connectivity index (χ3v) is 8.70. The van der Waals surface area contributed by atoms with Crippen LogP contribution in [0.15, 0.2) is 35.5 Å². The summed E-state index contributed by atoms with van der Waals surface area (Å²) in [6.07, 6.45) is 6.51. The Morgan fingerprint density at radius 2 is 2.03 bits per heavy atom. The van der Waals surface area contributed by atoms with Crippen molar-refractivity contribution in [2.45, 2.75) is 69.0 Å². The molecule has 2 aromatic heterocycles. The second-order valence-corrected chi connectivity index (χ2v) is 10.7. The zero-order valence-electron chi connectivity index (χ0n) is 18.7. The molecule has 3 aromatic rings. The first kappa shape index (κ1) is 22.2. The first-order chi connectivity index (χ1) is 16.2. The number of thioether (sulfide) groups is 1. The fraction of sp³-hybridized carbons (Fsp3) is 0.440. The minimum Gasteiger partial charge on any atom is -0.316 e. The molecule has 1 fully saturated rings. The van der Waals surface area contributed by atoms with Gasteiger partial charge in [-0.05, 0) is 56.1 Å². The molecule has 6 nitrogen and oxygen atoms in total. The van der Waals surface area contributed by atoms with Crippen LogP contribution in [0.25, 0.3) is 0 Å². The highest BCUT2D eigenvalue weighted by Crippen LogP contribution is 2.54. The Hall–Kier alpha value is -2.63. The minimum absolute atomic E-state index is 0.103. The molecule has 0 spiro atoms. The number of aromatic nitrogens is 3. The van der Waals surface area contributed by atoms with Crippen molar-refractivity contribution in [1.29, 1.82) is 5.26 Å². The van der Waals surface area contributed by atoms with Crippen molar-refractivity contribution < 1.29 is 4.79 Å². The predicted molar refractivity (Wildman–Crippen MR) is 132 cm³/mol. The topological polar surface area (TPSA) is 83.6 Å². The fourth-order valence-electron chi connectivity index (χ4n) is 4.77. The van der Waals surface area contributed by atoms with Crippen LogP contribution >= 0.6 is 23.1 Å². The molecule has 8 heteroatoms. The van der Waals surface area contributed by atoms with E-state index in [0.29, 0.717) is 22.4 Å². The maximum Gasteiger partial charge on any atom is 0.235 e. The van der Waals surface area contributed by atoms with Crippen molar-refractivity contribution in [2.24, 2.45) is 0 Å². The van der Waals surface area contributed by atoms with E-state index in [1.54, 1.807) is 11.3 Å². The van der Waals surface area contributed by atoms with Crippen molar-refractivity contribution in [3.8, 4) is 6.07 Å². The van der Waals surface area contributed by atoms with Crippen molar-refractivity contribution >= 4 is 34.0 Å². The van der Waals surface area contributed by atoms with Crippen molar-refractivity contribution in [3.05, 3.63) is 57.7 Å². The lowest BCUT2D eigenvalue weighted by Crippen LogP contribution is -2.14. The number of hydrogen-bond donors (Lipinski definition) is 1. The molecule has 5 rings (SSSR count). The molecule has 2 aliphatic rings. The third kappa shape index (κ3) is 4.57. The normalized spacial score (nSPS) is 19.4. The van der Waals surface area contributed by atoms with Crippen LogP contribution in [0, 0.1) is 11.3 Å². The SMILES string of the molecule is CCn1c(SCC(=O)Nc2sc3c(c2C#N)CCCCC3)nnc1C1CC1c1ccccc1. The average Bonchev–Trinajstić information content (AvgIpc) is 3.49. The lowest BCUT2D eigenvalue weighted by atomic mass is 10.1. The molecule has 1 N–H and O–H groups in total. The van der Waals surface area contributed by atoms with E-state index in [-0.39, 0.29) is 11.7 Å². The summed E-state index contributed by atoms with van der Waals surface area (Å²) in [7, 11) is 0. The molecular weight excluding hydrogens is 450 g/mol. The molecule has 2 heterocycles. The number of nitrogens with zero attached hydrogens (tertiary/aromatic N) is 4. The number of benzene rings is 1. The second-order valence-electron chi connectivity index (χ2n) is 8.66. The van der Waals surface area contributed by atoms with Crippen LogP contribution in [-0.4, -0.2) is 26.4 Å². The van der Waals surface area contributed by atoms with Crippen molar-refractivity contribution in [2.75, 3.05) is 11.1 Å². The van der Waals surface area contributed by atoms with Gasteiger partial charge in [0.2, 0.25) is 5.91 Å². The van der Waals surface area contributed by atoms with E-state index in [9.17, 15) is 10.1 Å². The maximum atomic E-state index is 12.7. The molecule has 2 aliphatic carbocycles. The summed E-state index contributed by atoms with van der Waals surface area (Å²) in [5, 5.41) is 23.1. The van der Waals surface area contributed by atoms with Crippen LogP contribution in [-0.2, 0) is 24.2 Å². The highest BCUT2D eigenvalue weighted by molar-refractivity contribution is 7.99. The number of hydrogen-bond acceptors (Lipinski definition) is 6. The summed E-state index contributed by atoms with van der Waals surface area (Å²) in [5.74, 6) is 2.05. The summed E-state index contributed by atoms with van der Waals surface area (Å²) in [4.78, 5) is 14.0. The van der Waals surface area contributed by atoms with Crippen LogP contribution in [0.2, 0.25) is 0 Å². The zero-order valence-corrected chi connectivity index (χ0v) is 20.3. The number of aryl methyl sites for hydroxylation is 1. The van der Waals surface area contributed by atoms with Gasteiger partial charge in [-0.3, -0.25) is 4.79 Å². The Kier molecular flexibility index (Phi) is 6.52. The van der Waals surface area contributed by atoms with Gasteiger partial charge in [-0.2, -0.15) is 5.26 Å². The first-order valence-electron chi connectivity index (χ1n) is 11.6. The van der Waals surface area contributed by atoms with E-state index in [0.717, 1.165) is 55.2 Å². The van der Waals surface area contributed by atoms with Gasteiger partial charge in [-0.25, -0.2) is 0 Å². The summed E-state index contributed by atoms with van der Waals surface area (Å²) in [6.45, 7) is 2.87. The molecule has 1 amide bonds. The molecule has 2 unspecified atom stereocenters. The minimum atomic E-state index is -0.103. The molecule has 1 saturated carbocycles. The lowest BCUT2D eigenvalue weighted by Gasteiger charge is -2.08. The summed E-state index contributed by atoms with van der Waals surface area (Å²) in [5.41, 5.74) is 3.16. The third-order valence-electron chi connectivity index (χ3n) is 6.53. The van der Waals surface area contributed by atoms with Gasteiger partial charge in [-0.15, -0.1) is 21.5 Å². The standard InChI is InChI=1S/C25H27N5OS2/c1-2-30-23(19-13-18(19)16-9-5-3-6-10-16)28-29-25(30)32-15-22(31)27-24-20(14-26)17-11-7-4-8-12-21(17)33-24/h3,5-6,9-10,18-19H,2,4,7-8,11-13,15H2,1H3,(H,27,31). The summed E-state index contributed by atoms with van der Waals surface area (Å²) >= 11 is 2.99. The summed E-state index contributed by atoms with van der Waals surface area (Å²) < 4.78 is 2.14. The van der Waals surface area contributed by atoms with E-state index < -0.39 is 0 Å². The molecular formula is C25H27N5OS2. The monoisotopic (exact) mass is 477 g/mol. The number of thiophene rings is 1. The number of nitrogens with one attached hydrogen (secondary N) is 1. The number of anilines is 1. The van der Waals surface area contributed by atoms with Gasteiger partial charge in [0.05, 0.1) is 11.3 Å². The van der Waals surface area contributed by atoms with Crippen LogP contribution < -0.4 is 5.32 Å². The molecule has 0 aliphatic heterocycles. The quantitative estimate of drug-likeness (QED) is 0.359. The van der Waals surface area contributed by atoms with Crippen molar-refractivity contribution in [3.63, 3.8) is 0 Å². The van der Waals surface area contributed by atoms with Crippen LogP contribution in [0.5, 0.6) is 0 Å². The highest BCUT2D eigenvalue weighted by Gasteiger charge is 2.43. The summed E-state index contributed by atoms with van der Waals surface area (Å²) in [6, 6.07) is 12.9. The predicted octanol–water partition coefficient (Wildman–Crippen LogP) is 5.50. The molecule has 0 bridgehead atoms. The van der Waals surface area contributed by atoms with Gasteiger partial charge in [-0.1, -0.05) is 48.5 Å². The number of fused-ring (bicyclic) bond motifs is 1. The molecule has 2 atom stereocenters. The zero-order chi connectivity index (χ0) is 22.8. The molecule has 170 valence electrons.